The molecule has 0 fully saturated rings. The molecule has 0 spiro atoms. The first-order valence-corrected chi connectivity index (χ1v) is 6.48. The third kappa shape index (κ3) is 5.50. The lowest BCUT2D eigenvalue weighted by molar-refractivity contribution is -0.133. The van der Waals surface area contributed by atoms with E-state index in [0.717, 1.165) is 17.8 Å². The van der Waals surface area contributed by atoms with Crippen molar-refractivity contribution < 1.29 is 13.2 Å². The van der Waals surface area contributed by atoms with E-state index in [-0.39, 0.29) is 12.5 Å². The van der Waals surface area contributed by atoms with Gasteiger partial charge in [-0.3, -0.25) is 0 Å². The molecule has 1 atom stereocenters. The molecule has 0 saturated carbocycles. The molecule has 1 aromatic rings. The summed E-state index contributed by atoms with van der Waals surface area (Å²) < 4.78 is 36.1. The highest BCUT2D eigenvalue weighted by Crippen LogP contribution is 2.26. The highest BCUT2D eigenvalue weighted by atomic mass is 32.1. The molecule has 17 heavy (non-hydrogen) atoms. The number of halogens is 3. The highest BCUT2D eigenvalue weighted by molar-refractivity contribution is 7.11. The van der Waals surface area contributed by atoms with Crippen LogP contribution in [0.1, 0.15) is 42.6 Å². The van der Waals surface area contributed by atoms with Gasteiger partial charge in [0.2, 0.25) is 0 Å². The molecule has 0 amide bonds. The zero-order chi connectivity index (χ0) is 12.9. The van der Waals surface area contributed by atoms with Gasteiger partial charge < -0.3 is 5.32 Å². The van der Waals surface area contributed by atoms with Crippen LogP contribution in [0, 0.1) is 0 Å². The third-order valence-corrected chi connectivity index (χ3v) is 3.56. The monoisotopic (exact) mass is 266 g/mol. The van der Waals surface area contributed by atoms with Crippen LogP contribution >= 0.6 is 11.3 Å². The average molecular weight is 266 g/mol. The fourth-order valence-electron chi connectivity index (χ4n) is 1.35. The first kappa shape index (κ1) is 14.4. The van der Waals surface area contributed by atoms with E-state index >= 15 is 0 Å². The lowest BCUT2D eigenvalue weighted by atomic mass is 10.3. The van der Waals surface area contributed by atoms with E-state index in [2.05, 4.69) is 17.2 Å². The molecule has 1 heterocycles. The van der Waals surface area contributed by atoms with Gasteiger partial charge in [-0.05, 0) is 19.9 Å². The van der Waals surface area contributed by atoms with Crippen LogP contribution in [0.25, 0.3) is 0 Å². The molecule has 0 aliphatic rings. The Hall–Kier alpha value is -0.620. The number of hydrogen-bond acceptors (Lipinski definition) is 3. The maximum absolute atomic E-state index is 12.0. The van der Waals surface area contributed by atoms with Crippen LogP contribution in [0.2, 0.25) is 0 Å². The van der Waals surface area contributed by atoms with Crippen LogP contribution < -0.4 is 5.32 Å². The van der Waals surface area contributed by atoms with Gasteiger partial charge in [-0.2, -0.15) is 13.2 Å². The Labute approximate surface area is 103 Å². The Morgan fingerprint density at radius 2 is 2.18 bits per heavy atom. The van der Waals surface area contributed by atoms with Crippen LogP contribution in [0.4, 0.5) is 13.2 Å². The number of nitrogens with zero attached hydrogens (tertiary/aromatic N) is 1. The molecule has 98 valence electrons. The number of rotatable bonds is 6. The quantitative estimate of drug-likeness (QED) is 0.849. The number of hydrogen-bond donors (Lipinski definition) is 1. The summed E-state index contributed by atoms with van der Waals surface area (Å²) in [5, 5.41) is 3.84. The Morgan fingerprint density at radius 3 is 2.76 bits per heavy atom. The van der Waals surface area contributed by atoms with Gasteiger partial charge >= 0.3 is 6.18 Å². The van der Waals surface area contributed by atoms with Crippen LogP contribution in [-0.2, 0) is 6.42 Å². The molecule has 1 aromatic heterocycles. The molecule has 0 aromatic carbocycles. The summed E-state index contributed by atoms with van der Waals surface area (Å²) in [5.74, 6) is 0. The Kier molecular flexibility index (Phi) is 5.39. The molecule has 2 nitrogen and oxygen atoms in total. The van der Waals surface area contributed by atoms with Gasteiger partial charge in [-0.25, -0.2) is 4.98 Å². The Balaban J connectivity index is 2.47. The molecule has 6 heteroatoms. The zero-order valence-corrected chi connectivity index (χ0v) is 10.8. The second-order valence-electron chi connectivity index (χ2n) is 3.95. The zero-order valence-electron chi connectivity index (χ0n) is 9.97. The molecule has 1 N–H and O–H groups in total. The van der Waals surface area contributed by atoms with Gasteiger partial charge in [0.25, 0.3) is 0 Å². The van der Waals surface area contributed by atoms with Crippen molar-refractivity contribution in [2.75, 3.05) is 6.54 Å². The predicted molar refractivity (Wildman–Crippen MR) is 63.2 cm³/mol. The van der Waals surface area contributed by atoms with E-state index < -0.39 is 12.6 Å². The minimum Gasteiger partial charge on any atom is -0.309 e. The topological polar surface area (TPSA) is 24.9 Å². The van der Waals surface area contributed by atoms with Crippen molar-refractivity contribution in [1.82, 2.24) is 10.3 Å². The van der Waals surface area contributed by atoms with E-state index in [1.54, 1.807) is 6.20 Å². The van der Waals surface area contributed by atoms with Gasteiger partial charge in [0, 0.05) is 30.0 Å². The van der Waals surface area contributed by atoms with Crippen molar-refractivity contribution in [2.24, 2.45) is 0 Å². The summed E-state index contributed by atoms with van der Waals surface area (Å²) in [4.78, 5) is 5.02. The standard InChI is InChI=1S/C11H17F3N2S/c1-3-6-15-8(2)9-7-16-10(17-9)4-5-11(12,13)14/h7-8,15H,3-6H2,1-2H3. The number of nitrogens with one attached hydrogen (secondary N) is 1. The number of alkyl halides is 3. The van der Waals surface area contributed by atoms with Gasteiger partial charge in [-0.1, -0.05) is 6.92 Å². The predicted octanol–water partition coefficient (Wildman–Crippen LogP) is 3.70. The van der Waals surface area contributed by atoms with Crippen LogP contribution in [0.3, 0.4) is 0 Å². The molecule has 0 radical (unpaired) electrons. The third-order valence-electron chi connectivity index (χ3n) is 2.32. The van der Waals surface area contributed by atoms with Gasteiger partial charge in [-0.15, -0.1) is 11.3 Å². The minimum atomic E-state index is -4.10. The van der Waals surface area contributed by atoms with Crippen molar-refractivity contribution in [3.05, 3.63) is 16.1 Å². The van der Waals surface area contributed by atoms with E-state index in [0.29, 0.717) is 5.01 Å². The number of thiazole rings is 1. The Morgan fingerprint density at radius 1 is 1.47 bits per heavy atom. The maximum Gasteiger partial charge on any atom is 0.389 e. The van der Waals surface area contributed by atoms with Crippen molar-refractivity contribution in [1.29, 1.82) is 0 Å². The molecular formula is C11H17F3N2S. The van der Waals surface area contributed by atoms with Gasteiger partial charge in [0.1, 0.15) is 0 Å². The first-order valence-electron chi connectivity index (χ1n) is 5.67. The van der Waals surface area contributed by atoms with Crippen molar-refractivity contribution in [3.63, 3.8) is 0 Å². The summed E-state index contributed by atoms with van der Waals surface area (Å²) in [7, 11) is 0. The van der Waals surface area contributed by atoms with Crippen molar-refractivity contribution in [3.8, 4) is 0 Å². The largest absolute Gasteiger partial charge is 0.389 e. The van der Waals surface area contributed by atoms with Gasteiger partial charge in [0.15, 0.2) is 0 Å². The summed E-state index contributed by atoms with van der Waals surface area (Å²) >= 11 is 1.36. The molecule has 0 saturated heterocycles. The van der Waals surface area contributed by atoms with E-state index in [1.807, 2.05) is 6.92 Å². The SMILES string of the molecule is CCCNC(C)c1cnc(CCC(F)(F)F)s1. The van der Waals surface area contributed by atoms with Crippen LogP contribution in [-0.4, -0.2) is 17.7 Å². The normalized spacial score (nSPS) is 13.9. The number of aromatic nitrogens is 1. The Bertz CT molecular complexity index is 336. The summed E-state index contributed by atoms with van der Waals surface area (Å²) in [6.45, 7) is 4.97. The highest BCUT2D eigenvalue weighted by Gasteiger charge is 2.27. The van der Waals surface area contributed by atoms with Crippen LogP contribution in [0.5, 0.6) is 0 Å². The molecular weight excluding hydrogens is 249 g/mol. The summed E-state index contributed by atoms with van der Waals surface area (Å²) in [5.41, 5.74) is 0. The first-order chi connectivity index (χ1) is 7.92. The molecule has 0 aliphatic heterocycles. The van der Waals surface area contributed by atoms with Crippen molar-refractivity contribution >= 4 is 11.3 Å². The lowest BCUT2D eigenvalue weighted by Crippen LogP contribution is -2.18. The fraction of sp³-hybridized carbons (Fsp3) is 0.727. The lowest BCUT2D eigenvalue weighted by Gasteiger charge is -2.09. The van der Waals surface area contributed by atoms with Gasteiger partial charge in [0.05, 0.1) is 5.01 Å². The van der Waals surface area contributed by atoms with Crippen molar-refractivity contribution in [2.45, 2.75) is 45.3 Å². The molecule has 0 aliphatic carbocycles. The van der Waals surface area contributed by atoms with Crippen LogP contribution in [0.15, 0.2) is 6.20 Å². The van der Waals surface area contributed by atoms with E-state index in [4.69, 9.17) is 0 Å². The van der Waals surface area contributed by atoms with E-state index in [1.165, 1.54) is 11.3 Å². The fourth-order valence-corrected chi connectivity index (χ4v) is 2.30. The number of aryl methyl sites for hydroxylation is 1. The molecule has 0 bridgehead atoms. The average Bonchev–Trinajstić information content (AvgIpc) is 2.70. The maximum atomic E-state index is 12.0. The van der Waals surface area contributed by atoms with E-state index in [9.17, 15) is 13.2 Å². The smallest absolute Gasteiger partial charge is 0.309 e. The second-order valence-corrected chi connectivity index (χ2v) is 5.09. The second kappa shape index (κ2) is 6.35. The molecule has 1 rings (SSSR count). The molecule has 1 unspecified atom stereocenters. The summed E-state index contributed by atoms with van der Waals surface area (Å²) in [6.07, 6.45) is -2.21. The minimum absolute atomic E-state index is 0.0192. The summed E-state index contributed by atoms with van der Waals surface area (Å²) in [6, 6.07) is 0.159.